The van der Waals surface area contributed by atoms with Crippen molar-refractivity contribution in [3.05, 3.63) is 65.9 Å². The summed E-state index contributed by atoms with van der Waals surface area (Å²) in [6, 6.07) is 16.4. The average Bonchev–Trinajstić information content (AvgIpc) is 3.53. The Morgan fingerprint density at radius 3 is 2.88 bits per heavy atom. The van der Waals surface area contributed by atoms with Crippen LogP contribution in [0.15, 0.2) is 59.7 Å². The maximum Gasteiger partial charge on any atom is 0.258 e. The van der Waals surface area contributed by atoms with Gasteiger partial charge in [-0.15, -0.1) is 0 Å². The van der Waals surface area contributed by atoms with Gasteiger partial charge in [0.2, 0.25) is 0 Å². The molecule has 1 aliphatic rings. The van der Waals surface area contributed by atoms with E-state index in [1.165, 1.54) is 10.9 Å². The first-order valence-electron chi connectivity index (χ1n) is 11.3. The first-order valence-corrected chi connectivity index (χ1v) is 11.3. The molecule has 1 aromatic heterocycles. The van der Waals surface area contributed by atoms with Gasteiger partial charge in [0.15, 0.2) is 12.6 Å². The maximum absolute atomic E-state index is 11.8. The predicted octanol–water partition coefficient (Wildman–Crippen LogP) is 3.12. The monoisotopic (exact) mass is 433 g/mol. The molecule has 0 saturated heterocycles. The van der Waals surface area contributed by atoms with E-state index in [0.717, 1.165) is 49.4 Å². The number of H-pyrrole nitrogens is 1. The molecule has 1 saturated carbocycles. The molecule has 1 aliphatic carbocycles. The number of aromatic amines is 1. The van der Waals surface area contributed by atoms with E-state index in [-0.39, 0.29) is 12.5 Å². The van der Waals surface area contributed by atoms with Gasteiger partial charge < -0.3 is 25.7 Å². The van der Waals surface area contributed by atoms with Gasteiger partial charge >= 0.3 is 0 Å². The summed E-state index contributed by atoms with van der Waals surface area (Å²) in [5.74, 6) is 1.40. The fraction of sp³-hybridized carbons (Fsp3) is 0.360. The molecule has 0 spiro atoms. The lowest BCUT2D eigenvalue weighted by molar-refractivity contribution is -0.123. The Morgan fingerprint density at radius 2 is 2.03 bits per heavy atom. The molecule has 2 aromatic carbocycles. The lowest BCUT2D eigenvalue weighted by Crippen LogP contribution is -2.38. The van der Waals surface area contributed by atoms with Crippen molar-refractivity contribution in [3.8, 4) is 5.75 Å². The summed E-state index contributed by atoms with van der Waals surface area (Å²) < 4.78 is 5.64. The molecule has 3 aromatic rings. The molecule has 7 nitrogen and oxygen atoms in total. The van der Waals surface area contributed by atoms with E-state index in [1.807, 2.05) is 30.3 Å². The first kappa shape index (κ1) is 21.7. The fourth-order valence-electron chi connectivity index (χ4n) is 3.55. The molecular formula is C25H31N5O2. The van der Waals surface area contributed by atoms with Crippen molar-refractivity contribution in [2.45, 2.75) is 38.8 Å². The normalized spacial score (nSPS) is 13.7. The van der Waals surface area contributed by atoms with Crippen molar-refractivity contribution in [2.24, 2.45) is 4.99 Å². The van der Waals surface area contributed by atoms with Gasteiger partial charge in [0.05, 0.1) is 6.54 Å². The number of hydrogen-bond acceptors (Lipinski definition) is 3. The van der Waals surface area contributed by atoms with Crippen LogP contribution in [0.5, 0.6) is 5.75 Å². The van der Waals surface area contributed by atoms with Crippen LogP contribution in [0.1, 0.15) is 30.9 Å². The Balaban J connectivity index is 1.28. The Kier molecular flexibility index (Phi) is 7.27. The number of ether oxygens (including phenoxy) is 1. The standard InChI is InChI=1S/C25H31N5O2/c1-2-26-25(27-13-12-19-16-28-23-9-4-3-8-22(19)23)29-15-18-6-5-7-21(14-18)32-17-24(31)30-20-10-11-20/h3-9,14,16,20,28H,2,10-13,15,17H2,1H3,(H,30,31)(H2,26,27,29). The number of nitrogens with zero attached hydrogens (tertiary/aromatic N) is 1. The van der Waals surface area contributed by atoms with Crippen LogP contribution in [0.2, 0.25) is 0 Å². The minimum absolute atomic E-state index is 0.0429. The van der Waals surface area contributed by atoms with Crippen LogP contribution in [-0.2, 0) is 17.8 Å². The first-order chi connectivity index (χ1) is 15.7. The lowest BCUT2D eigenvalue weighted by atomic mass is 10.1. The number of nitrogens with one attached hydrogen (secondary N) is 4. The summed E-state index contributed by atoms with van der Waals surface area (Å²) >= 11 is 0. The van der Waals surface area contributed by atoms with Gasteiger partial charge in [0, 0.05) is 36.2 Å². The average molecular weight is 434 g/mol. The molecule has 1 amide bonds. The van der Waals surface area contributed by atoms with E-state index in [0.29, 0.717) is 18.3 Å². The molecule has 7 heteroatoms. The quantitative estimate of drug-likeness (QED) is 0.292. The van der Waals surface area contributed by atoms with Crippen molar-refractivity contribution in [1.29, 1.82) is 0 Å². The van der Waals surface area contributed by atoms with Crippen molar-refractivity contribution >= 4 is 22.8 Å². The van der Waals surface area contributed by atoms with Crippen LogP contribution >= 0.6 is 0 Å². The second-order valence-electron chi connectivity index (χ2n) is 8.01. The second-order valence-corrected chi connectivity index (χ2v) is 8.01. The smallest absolute Gasteiger partial charge is 0.258 e. The van der Waals surface area contributed by atoms with Gasteiger partial charge in [-0.25, -0.2) is 4.99 Å². The molecule has 0 radical (unpaired) electrons. The van der Waals surface area contributed by atoms with Crippen LogP contribution in [-0.4, -0.2) is 42.6 Å². The Hall–Kier alpha value is -3.48. The van der Waals surface area contributed by atoms with Crippen LogP contribution in [0.25, 0.3) is 10.9 Å². The van der Waals surface area contributed by atoms with Crippen LogP contribution in [0, 0.1) is 0 Å². The van der Waals surface area contributed by atoms with Crippen molar-refractivity contribution in [3.63, 3.8) is 0 Å². The third-order valence-electron chi connectivity index (χ3n) is 5.34. The molecule has 4 N–H and O–H groups in total. The zero-order chi connectivity index (χ0) is 22.2. The summed E-state index contributed by atoms with van der Waals surface area (Å²) in [6.07, 6.45) is 5.12. The summed E-state index contributed by atoms with van der Waals surface area (Å²) in [4.78, 5) is 19.8. The molecule has 168 valence electrons. The summed E-state index contributed by atoms with van der Waals surface area (Å²) in [6.45, 7) is 4.19. The van der Waals surface area contributed by atoms with Crippen molar-refractivity contribution in [1.82, 2.24) is 20.9 Å². The van der Waals surface area contributed by atoms with Gasteiger partial charge in [0.25, 0.3) is 5.91 Å². The number of carbonyl (C=O) groups is 1. The molecule has 4 rings (SSSR count). The second kappa shape index (κ2) is 10.7. The SMILES string of the molecule is CCNC(=NCc1cccc(OCC(=O)NC2CC2)c1)NCCc1c[nH]c2ccccc12. The third-order valence-corrected chi connectivity index (χ3v) is 5.34. The zero-order valence-electron chi connectivity index (χ0n) is 18.5. The van der Waals surface area contributed by atoms with Crippen LogP contribution in [0.3, 0.4) is 0 Å². The van der Waals surface area contributed by atoms with Crippen LogP contribution < -0.4 is 20.7 Å². The number of rotatable bonds is 10. The number of aliphatic imine (C=N–C) groups is 1. The summed E-state index contributed by atoms with van der Waals surface area (Å²) in [7, 11) is 0. The number of guanidine groups is 1. The molecule has 0 atom stereocenters. The zero-order valence-corrected chi connectivity index (χ0v) is 18.5. The Bertz CT molecular complexity index is 1070. The molecule has 32 heavy (non-hydrogen) atoms. The number of aromatic nitrogens is 1. The Morgan fingerprint density at radius 1 is 1.16 bits per heavy atom. The summed E-state index contributed by atoms with van der Waals surface area (Å²) in [5, 5.41) is 10.9. The minimum Gasteiger partial charge on any atom is -0.484 e. The molecule has 0 unspecified atom stereocenters. The molecule has 1 heterocycles. The highest BCUT2D eigenvalue weighted by Gasteiger charge is 2.23. The fourth-order valence-corrected chi connectivity index (χ4v) is 3.55. The van der Waals surface area contributed by atoms with Gasteiger partial charge in [-0.2, -0.15) is 0 Å². The van der Waals surface area contributed by atoms with Gasteiger partial charge in [0.1, 0.15) is 5.75 Å². The highest BCUT2D eigenvalue weighted by atomic mass is 16.5. The van der Waals surface area contributed by atoms with Gasteiger partial charge in [-0.05, 0) is 55.5 Å². The Labute approximate surface area is 188 Å². The largest absolute Gasteiger partial charge is 0.484 e. The highest BCUT2D eigenvalue weighted by Crippen LogP contribution is 2.19. The van der Waals surface area contributed by atoms with E-state index in [1.54, 1.807) is 0 Å². The van der Waals surface area contributed by atoms with E-state index in [9.17, 15) is 4.79 Å². The number of amides is 1. The third kappa shape index (κ3) is 6.26. The van der Waals surface area contributed by atoms with Crippen LogP contribution in [0.4, 0.5) is 0 Å². The van der Waals surface area contributed by atoms with Crippen molar-refractivity contribution in [2.75, 3.05) is 19.7 Å². The number of para-hydroxylation sites is 1. The highest BCUT2D eigenvalue weighted by molar-refractivity contribution is 5.83. The molecule has 0 aliphatic heterocycles. The maximum atomic E-state index is 11.8. The van der Waals surface area contributed by atoms with Gasteiger partial charge in [-0.1, -0.05) is 30.3 Å². The number of carbonyl (C=O) groups excluding carboxylic acids is 1. The molecular weight excluding hydrogens is 402 g/mol. The number of fused-ring (bicyclic) bond motifs is 1. The van der Waals surface area contributed by atoms with E-state index in [4.69, 9.17) is 9.73 Å². The van der Waals surface area contributed by atoms with E-state index < -0.39 is 0 Å². The van der Waals surface area contributed by atoms with E-state index in [2.05, 4.69) is 52.3 Å². The molecule has 1 fully saturated rings. The number of benzene rings is 2. The van der Waals surface area contributed by atoms with Gasteiger partial charge in [-0.3, -0.25) is 4.79 Å². The minimum atomic E-state index is -0.0650. The van der Waals surface area contributed by atoms with Crippen molar-refractivity contribution < 1.29 is 9.53 Å². The topological polar surface area (TPSA) is 90.5 Å². The summed E-state index contributed by atoms with van der Waals surface area (Å²) in [5.41, 5.74) is 3.48. The lowest BCUT2D eigenvalue weighted by Gasteiger charge is -2.11. The van der Waals surface area contributed by atoms with E-state index >= 15 is 0 Å². The number of hydrogen-bond donors (Lipinski definition) is 4. The predicted molar refractivity (Wildman–Crippen MR) is 128 cm³/mol. The molecule has 0 bridgehead atoms.